The van der Waals surface area contributed by atoms with Gasteiger partial charge in [0.2, 0.25) is 0 Å². The molecule has 0 fully saturated rings. The number of nitriles is 1. The van der Waals surface area contributed by atoms with Crippen molar-refractivity contribution in [3.8, 4) is 6.07 Å². The van der Waals surface area contributed by atoms with Crippen molar-refractivity contribution < 1.29 is 0 Å². The summed E-state index contributed by atoms with van der Waals surface area (Å²) in [5, 5.41) is 9.25. The van der Waals surface area contributed by atoms with E-state index >= 15 is 0 Å². The summed E-state index contributed by atoms with van der Waals surface area (Å²) in [6.45, 7) is 0.794. The first-order valence-corrected chi connectivity index (χ1v) is 6.24. The molecule has 0 unspecified atom stereocenters. The molecule has 2 rings (SSSR count). The molecule has 0 aliphatic carbocycles. The standard InChI is InChI=1S/C14H13ClN4/c1-19(7-4-11-2-5-17-6-3-11)14-9-12(10-16)8-13(15)18-14/h2-3,5-6,8-9H,4,7H2,1H3. The van der Waals surface area contributed by atoms with Gasteiger partial charge >= 0.3 is 0 Å². The van der Waals surface area contributed by atoms with Crippen LogP contribution in [0.15, 0.2) is 36.7 Å². The number of halogens is 1. The highest BCUT2D eigenvalue weighted by molar-refractivity contribution is 6.29. The summed E-state index contributed by atoms with van der Waals surface area (Å²) >= 11 is 5.89. The Morgan fingerprint density at radius 1 is 1.32 bits per heavy atom. The lowest BCUT2D eigenvalue weighted by Gasteiger charge is -2.18. The summed E-state index contributed by atoms with van der Waals surface area (Å²) in [5.74, 6) is 0.707. The van der Waals surface area contributed by atoms with Crippen LogP contribution in [0.25, 0.3) is 0 Å². The summed E-state index contributed by atoms with van der Waals surface area (Å²) in [7, 11) is 1.93. The van der Waals surface area contributed by atoms with Gasteiger partial charge in [-0.3, -0.25) is 4.98 Å². The maximum atomic E-state index is 8.91. The average molecular weight is 273 g/mol. The molecule has 0 aliphatic rings. The van der Waals surface area contributed by atoms with Gasteiger partial charge in [0.1, 0.15) is 11.0 Å². The summed E-state index contributed by atoms with van der Waals surface area (Å²) in [6.07, 6.45) is 4.44. The SMILES string of the molecule is CN(CCc1ccncc1)c1cc(C#N)cc(Cl)n1. The highest BCUT2D eigenvalue weighted by Gasteiger charge is 2.06. The Morgan fingerprint density at radius 2 is 2.05 bits per heavy atom. The molecule has 0 aliphatic heterocycles. The van der Waals surface area contributed by atoms with Gasteiger partial charge in [0.15, 0.2) is 0 Å². The highest BCUT2D eigenvalue weighted by Crippen LogP contribution is 2.17. The second kappa shape index (κ2) is 6.17. The van der Waals surface area contributed by atoms with Gasteiger partial charge in [-0.1, -0.05) is 11.6 Å². The summed E-state index contributed by atoms with van der Waals surface area (Å²) in [6, 6.07) is 9.34. The van der Waals surface area contributed by atoms with Crippen LogP contribution in [0.3, 0.4) is 0 Å². The van der Waals surface area contributed by atoms with Crippen LogP contribution in [-0.4, -0.2) is 23.6 Å². The molecule has 0 amide bonds. The first-order chi connectivity index (χ1) is 9.19. The summed E-state index contributed by atoms with van der Waals surface area (Å²) < 4.78 is 0. The van der Waals surface area contributed by atoms with E-state index in [-0.39, 0.29) is 0 Å². The molecule has 0 atom stereocenters. The molecule has 0 radical (unpaired) electrons. The minimum absolute atomic E-state index is 0.338. The summed E-state index contributed by atoms with van der Waals surface area (Å²) in [4.78, 5) is 10.2. The molecule has 0 N–H and O–H groups in total. The molecular formula is C14H13ClN4. The Labute approximate surface area is 117 Å². The predicted molar refractivity (Wildman–Crippen MR) is 75.2 cm³/mol. The number of likely N-dealkylation sites (N-methyl/N-ethyl adjacent to an activating group) is 1. The van der Waals surface area contributed by atoms with E-state index in [0.717, 1.165) is 13.0 Å². The minimum Gasteiger partial charge on any atom is -0.359 e. The topological polar surface area (TPSA) is 52.8 Å². The molecule has 19 heavy (non-hydrogen) atoms. The van der Waals surface area contributed by atoms with E-state index < -0.39 is 0 Å². The number of rotatable bonds is 4. The largest absolute Gasteiger partial charge is 0.359 e. The molecule has 96 valence electrons. The Kier molecular flexibility index (Phi) is 4.32. The predicted octanol–water partition coefficient (Wildman–Crippen LogP) is 2.68. The normalized spacial score (nSPS) is 9.95. The Balaban J connectivity index is 2.06. The van der Waals surface area contributed by atoms with E-state index in [4.69, 9.17) is 16.9 Å². The van der Waals surface area contributed by atoms with Crippen molar-refractivity contribution in [2.45, 2.75) is 6.42 Å². The van der Waals surface area contributed by atoms with E-state index in [1.54, 1.807) is 24.5 Å². The molecule has 0 aromatic carbocycles. The van der Waals surface area contributed by atoms with Crippen LogP contribution in [0.4, 0.5) is 5.82 Å². The van der Waals surface area contributed by atoms with Crippen molar-refractivity contribution in [2.75, 3.05) is 18.5 Å². The fraction of sp³-hybridized carbons (Fsp3) is 0.214. The van der Waals surface area contributed by atoms with E-state index in [1.807, 2.05) is 24.1 Å². The van der Waals surface area contributed by atoms with Crippen LogP contribution in [0.5, 0.6) is 0 Å². The average Bonchev–Trinajstić information content (AvgIpc) is 2.45. The van der Waals surface area contributed by atoms with Crippen LogP contribution < -0.4 is 4.90 Å². The van der Waals surface area contributed by atoms with Crippen molar-refractivity contribution in [2.24, 2.45) is 0 Å². The third-order valence-corrected chi connectivity index (χ3v) is 2.98. The maximum Gasteiger partial charge on any atom is 0.132 e. The van der Waals surface area contributed by atoms with Crippen LogP contribution in [-0.2, 0) is 6.42 Å². The van der Waals surface area contributed by atoms with Crippen molar-refractivity contribution in [3.63, 3.8) is 0 Å². The van der Waals surface area contributed by atoms with E-state index in [2.05, 4.69) is 16.0 Å². The molecule has 0 bridgehead atoms. The second-order valence-electron chi connectivity index (χ2n) is 4.18. The zero-order valence-electron chi connectivity index (χ0n) is 10.5. The number of pyridine rings is 2. The number of anilines is 1. The van der Waals surface area contributed by atoms with Crippen LogP contribution >= 0.6 is 11.6 Å². The highest BCUT2D eigenvalue weighted by atomic mass is 35.5. The van der Waals surface area contributed by atoms with Crippen LogP contribution in [0.2, 0.25) is 5.15 Å². The van der Waals surface area contributed by atoms with Crippen molar-refractivity contribution in [1.29, 1.82) is 5.26 Å². The molecule has 4 nitrogen and oxygen atoms in total. The summed E-state index contributed by atoms with van der Waals surface area (Å²) in [5.41, 5.74) is 1.73. The molecule has 5 heteroatoms. The molecular weight excluding hydrogens is 260 g/mol. The van der Waals surface area contributed by atoms with Crippen molar-refractivity contribution in [1.82, 2.24) is 9.97 Å². The molecule has 2 aromatic rings. The monoisotopic (exact) mass is 272 g/mol. The first kappa shape index (κ1) is 13.3. The fourth-order valence-corrected chi connectivity index (χ4v) is 1.91. The Bertz CT molecular complexity index is 592. The third kappa shape index (κ3) is 3.67. The Morgan fingerprint density at radius 3 is 2.74 bits per heavy atom. The van der Waals surface area contributed by atoms with Gasteiger partial charge in [-0.05, 0) is 36.2 Å². The van der Waals surface area contributed by atoms with E-state index in [0.29, 0.717) is 16.5 Å². The molecule has 2 aromatic heterocycles. The van der Waals surface area contributed by atoms with E-state index in [1.165, 1.54) is 5.56 Å². The molecule has 0 saturated carbocycles. The minimum atomic E-state index is 0.338. The lowest BCUT2D eigenvalue weighted by Crippen LogP contribution is -2.21. The van der Waals surface area contributed by atoms with Gasteiger partial charge < -0.3 is 4.90 Å². The van der Waals surface area contributed by atoms with E-state index in [9.17, 15) is 0 Å². The van der Waals surface area contributed by atoms with Gasteiger partial charge in [-0.15, -0.1) is 0 Å². The lowest BCUT2D eigenvalue weighted by molar-refractivity contribution is 0.858. The Hall–Kier alpha value is -2.12. The van der Waals surface area contributed by atoms with Gasteiger partial charge in [0.25, 0.3) is 0 Å². The number of hydrogen-bond donors (Lipinski definition) is 0. The molecule has 2 heterocycles. The van der Waals surface area contributed by atoms with Crippen molar-refractivity contribution in [3.05, 3.63) is 52.9 Å². The van der Waals surface area contributed by atoms with Gasteiger partial charge in [0.05, 0.1) is 11.6 Å². The zero-order chi connectivity index (χ0) is 13.7. The number of hydrogen-bond acceptors (Lipinski definition) is 4. The quantitative estimate of drug-likeness (QED) is 0.803. The number of aromatic nitrogens is 2. The zero-order valence-corrected chi connectivity index (χ0v) is 11.3. The van der Waals surface area contributed by atoms with Crippen molar-refractivity contribution >= 4 is 17.4 Å². The second-order valence-corrected chi connectivity index (χ2v) is 4.56. The third-order valence-electron chi connectivity index (χ3n) is 2.79. The van der Waals surface area contributed by atoms with Gasteiger partial charge in [-0.2, -0.15) is 5.26 Å². The van der Waals surface area contributed by atoms with Gasteiger partial charge in [0, 0.05) is 26.0 Å². The molecule has 0 saturated heterocycles. The van der Waals surface area contributed by atoms with Crippen LogP contribution in [0, 0.1) is 11.3 Å². The maximum absolute atomic E-state index is 8.91. The van der Waals surface area contributed by atoms with Crippen LogP contribution in [0.1, 0.15) is 11.1 Å². The molecule has 0 spiro atoms. The number of nitrogens with zero attached hydrogens (tertiary/aromatic N) is 4. The fourth-order valence-electron chi connectivity index (χ4n) is 1.70. The smallest absolute Gasteiger partial charge is 0.132 e. The lowest BCUT2D eigenvalue weighted by atomic mass is 10.2. The first-order valence-electron chi connectivity index (χ1n) is 5.87. The van der Waals surface area contributed by atoms with Gasteiger partial charge in [-0.25, -0.2) is 4.98 Å².